The van der Waals surface area contributed by atoms with Crippen LogP contribution in [0.5, 0.6) is 0 Å². The number of nitrogens with zero attached hydrogens (tertiary/aromatic N) is 3. The highest BCUT2D eigenvalue weighted by atomic mass is 35.5. The van der Waals surface area contributed by atoms with E-state index in [1.165, 1.54) is 12.4 Å². The van der Waals surface area contributed by atoms with Gasteiger partial charge in [0.2, 0.25) is 0 Å². The summed E-state index contributed by atoms with van der Waals surface area (Å²) in [6, 6.07) is 0. The van der Waals surface area contributed by atoms with Crippen LogP contribution in [0.1, 0.15) is 0 Å². The molecule has 2 heterocycles. The molecule has 2 aromatic heterocycles. The van der Waals surface area contributed by atoms with Crippen LogP contribution in [-0.2, 0) is 0 Å². The molecule has 0 saturated carbocycles. The Morgan fingerprint density at radius 3 is 2.58 bits per heavy atom. The van der Waals surface area contributed by atoms with Crippen molar-refractivity contribution in [2.24, 2.45) is 0 Å². The summed E-state index contributed by atoms with van der Waals surface area (Å²) in [7, 11) is 0. The van der Waals surface area contributed by atoms with Gasteiger partial charge in [0.05, 0.1) is 0 Å². The second-order valence-corrected chi connectivity index (χ2v) is 2.46. The minimum absolute atomic E-state index is 0.151. The largest absolute Gasteiger partial charge is 0.292 e. The van der Waals surface area contributed by atoms with Gasteiger partial charge in [0, 0.05) is 12.4 Å². The van der Waals surface area contributed by atoms with Gasteiger partial charge in [0.15, 0.2) is 10.7 Å². The number of nitrogens with one attached hydrogen (secondary N) is 1. The van der Waals surface area contributed by atoms with E-state index in [2.05, 4.69) is 20.2 Å². The Morgan fingerprint density at radius 1 is 1.25 bits per heavy atom. The Kier molecular flexibility index (Phi) is 1.51. The van der Waals surface area contributed by atoms with Crippen molar-refractivity contribution in [2.75, 3.05) is 0 Å². The summed E-state index contributed by atoms with van der Waals surface area (Å²) >= 11 is 5.65. The number of hydrogen-bond donors (Lipinski definition) is 1. The zero-order valence-corrected chi connectivity index (χ0v) is 6.54. The maximum atomic E-state index is 11.1. The van der Waals surface area contributed by atoms with Crippen molar-refractivity contribution in [1.29, 1.82) is 0 Å². The standard InChI is InChI=1S/C6H3ClN4O/c7-5-3-4(6(12)11-10-5)9-2-1-8-3/h1-2H,(H,11,12). The maximum Gasteiger partial charge on any atom is 0.292 e. The van der Waals surface area contributed by atoms with Gasteiger partial charge in [0.25, 0.3) is 5.56 Å². The molecule has 0 amide bonds. The van der Waals surface area contributed by atoms with Crippen LogP contribution < -0.4 is 5.56 Å². The molecule has 0 aliphatic heterocycles. The summed E-state index contributed by atoms with van der Waals surface area (Å²) in [4.78, 5) is 18.7. The zero-order chi connectivity index (χ0) is 8.55. The molecule has 0 fully saturated rings. The number of halogens is 1. The van der Waals surface area contributed by atoms with E-state index in [1.807, 2.05) is 0 Å². The molecule has 0 aromatic carbocycles. The number of hydrogen-bond acceptors (Lipinski definition) is 4. The summed E-state index contributed by atoms with van der Waals surface area (Å²) in [5.74, 6) is 0. The van der Waals surface area contributed by atoms with Crippen LogP contribution in [0, 0.1) is 0 Å². The van der Waals surface area contributed by atoms with Crippen molar-refractivity contribution in [3.05, 3.63) is 27.9 Å². The van der Waals surface area contributed by atoms with Crippen LogP contribution in [0.3, 0.4) is 0 Å². The summed E-state index contributed by atoms with van der Waals surface area (Å²) in [5.41, 5.74) is 0.142. The van der Waals surface area contributed by atoms with Crippen LogP contribution >= 0.6 is 11.6 Å². The normalized spacial score (nSPS) is 10.4. The molecule has 0 aliphatic rings. The van der Waals surface area contributed by atoms with E-state index in [0.717, 1.165) is 0 Å². The Morgan fingerprint density at radius 2 is 1.92 bits per heavy atom. The second-order valence-electron chi connectivity index (χ2n) is 2.10. The lowest BCUT2D eigenvalue weighted by atomic mass is 10.4. The van der Waals surface area contributed by atoms with Gasteiger partial charge in [-0.25, -0.2) is 15.1 Å². The molecule has 0 unspecified atom stereocenters. The lowest BCUT2D eigenvalue weighted by molar-refractivity contribution is 0.995. The predicted molar refractivity (Wildman–Crippen MR) is 43.0 cm³/mol. The number of aromatic nitrogens is 4. The molecule has 0 spiro atoms. The first-order valence-electron chi connectivity index (χ1n) is 3.14. The van der Waals surface area contributed by atoms with Gasteiger partial charge in [-0.3, -0.25) is 4.79 Å². The third-order valence-corrected chi connectivity index (χ3v) is 1.63. The van der Waals surface area contributed by atoms with Crippen LogP contribution in [0.15, 0.2) is 17.2 Å². The molecule has 0 atom stereocenters. The van der Waals surface area contributed by atoms with Gasteiger partial charge >= 0.3 is 0 Å². The van der Waals surface area contributed by atoms with Gasteiger partial charge in [-0.1, -0.05) is 11.6 Å². The third kappa shape index (κ3) is 0.947. The second kappa shape index (κ2) is 2.53. The maximum absolute atomic E-state index is 11.1. The van der Waals surface area contributed by atoms with Crippen molar-refractivity contribution in [3.8, 4) is 0 Å². The van der Waals surface area contributed by atoms with Crippen molar-refractivity contribution in [3.63, 3.8) is 0 Å². The van der Waals surface area contributed by atoms with Crippen LogP contribution in [0.2, 0.25) is 5.15 Å². The number of H-pyrrole nitrogens is 1. The molecule has 6 heteroatoms. The van der Waals surface area contributed by atoms with E-state index >= 15 is 0 Å². The van der Waals surface area contributed by atoms with Crippen molar-refractivity contribution in [2.45, 2.75) is 0 Å². The first-order valence-corrected chi connectivity index (χ1v) is 3.52. The van der Waals surface area contributed by atoms with E-state index in [4.69, 9.17) is 11.6 Å². The Balaban J connectivity index is 3.05. The molecule has 5 nitrogen and oxygen atoms in total. The zero-order valence-electron chi connectivity index (χ0n) is 5.78. The van der Waals surface area contributed by atoms with Crippen molar-refractivity contribution in [1.82, 2.24) is 20.2 Å². The van der Waals surface area contributed by atoms with E-state index in [-0.39, 0.29) is 16.2 Å². The third-order valence-electron chi connectivity index (χ3n) is 1.36. The Bertz CT molecular complexity index is 480. The van der Waals surface area contributed by atoms with Crippen LogP contribution in [0.4, 0.5) is 0 Å². The summed E-state index contributed by atoms with van der Waals surface area (Å²) in [6.45, 7) is 0. The molecular formula is C6H3ClN4O. The summed E-state index contributed by atoms with van der Waals surface area (Å²) < 4.78 is 0. The fourth-order valence-electron chi connectivity index (χ4n) is 0.861. The van der Waals surface area contributed by atoms with E-state index in [1.54, 1.807) is 0 Å². The van der Waals surface area contributed by atoms with E-state index < -0.39 is 0 Å². The molecule has 2 aromatic rings. The Hall–Kier alpha value is -1.49. The smallest absolute Gasteiger partial charge is 0.265 e. The number of rotatable bonds is 0. The van der Waals surface area contributed by atoms with E-state index in [0.29, 0.717) is 5.52 Å². The van der Waals surface area contributed by atoms with Gasteiger partial charge < -0.3 is 0 Å². The first-order chi connectivity index (χ1) is 5.79. The average molecular weight is 183 g/mol. The highest BCUT2D eigenvalue weighted by Gasteiger charge is 2.04. The van der Waals surface area contributed by atoms with Gasteiger partial charge in [0.1, 0.15) is 5.52 Å². The SMILES string of the molecule is O=c1[nH]nc(Cl)c2nccnc12. The molecule has 0 saturated heterocycles. The number of aromatic amines is 1. The monoisotopic (exact) mass is 182 g/mol. The molecule has 0 radical (unpaired) electrons. The minimum atomic E-state index is -0.387. The molecular weight excluding hydrogens is 180 g/mol. The van der Waals surface area contributed by atoms with Crippen molar-refractivity contribution >= 4 is 22.6 Å². The topological polar surface area (TPSA) is 71.5 Å². The predicted octanol–water partition coefficient (Wildman–Crippen LogP) is 0.366. The molecule has 0 bridgehead atoms. The molecule has 60 valence electrons. The first kappa shape index (κ1) is 7.17. The Labute approximate surface area is 71.4 Å². The molecule has 12 heavy (non-hydrogen) atoms. The fraction of sp³-hybridized carbons (Fsp3) is 0. The summed E-state index contributed by atoms with van der Waals surface area (Å²) in [5, 5.41) is 5.89. The fourth-order valence-corrected chi connectivity index (χ4v) is 1.04. The highest BCUT2D eigenvalue weighted by molar-refractivity contribution is 6.33. The quantitative estimate of drug-likeness (QED) is 0.639. The van der Waals surface area contributed by atoms with Gasteiger partial charge in [-0.2, -0.15) is 5.10 Å². The van der Waals surface area contributed by atoms with Gasteiger partial charge in [-0.05, 0) is 0 Å². The number of fused-ring (bicyclic) bond motifs is 1. The average Bonchev–Trinajstić information content (AvgIpc) is 2.12. The van der Waals surface area contributed by atoms with Gasteiger partial charge in [-0.15, -0.1) is 0 Å². The summed E-state index contributed by atoms with van der Waals surface area (Å²) in [6.07, 6.45) is 2.88. The highest BCUT2D eigenvalue weighted by Crippen LogP contribution is 2.10. The van der Waals surface area contributed by atoms with Crippen molar-refractivity contribution < 1.29 is 0 Å². The van der Waals surface area contributed by atoms with Crippen LogP contribution in [0.25, 0.3) is 11.0 Å². The lowest BCUT2D eigenvalue weighted by Gasteiger charge is -1.93. The molecule has 0 aliphatic carbocycles. The minimum Gasteiger partial charge on any atom is -0.265 e. The van der Waals surface area contributed by atoms with E-state index in [9.17, 15) is 4.79 Å². The van der Waals surface area contributed by atoms with Crippen LogP contribution in [-0.4, -0.2) is 20.2 Å². The molecule has 2 rings (SSSR count). The lowest BCUT2D eigenvalue weighted by Crippen LogP contribution is -2.10. The molecule has 1 N–H and O–H groups in total.